The average molecular weight is 469 g/mol. The van der Waals surface area contributed by atoms with Gasteiger partial charge in [0, 0.05) is 14.7 Å². The third-order valence-electron chi connectivity index (χ3n) is 5.14. The normalized spacial score (nSPS) is 13.1. The van der Waals surface area contributed by atoms with Crippen LogP contribution in [0.5, 0.6) is 0 Å². The van der Waals surface area contributed by atoms with Gasteiger partial charge in [-0.1, -0.05) is 48.5 Å². The Hall–Kier alpha value is -2.35. The average Bonchev–Trinajstić information content (AvgIpc) is 2.95. The van der Waals surface area contributed by atoms with Crippen molar-refractivity contribution in [2.75, 3.05) is 17.7 Å². The Labute approximate surface area is 196 Å². The number of nitrogens with one attached hydrogen (secondary N) is 2. The molecular weight excluding hydrogens is 444 g/mol. The molecule has 0 bridgehead atoms. The summed E-state index contributed by atoms with van der Waals surface area (Å²) in [4.78, 5) is 16.1. The number of fused-ring (bicyclic) bond motifs is 1. The zero-order valence-electron chi connectivity index (χ0n) is 17.3. The Morgan fingerprint density at radius 1 is 1.00 bits per heavy atom. The standard InChI is InChI=1S/C24H24N2O2S3/c1-28-23(27)21-17-12-6-3-7-14-19(17)31-22(21)26-24(29)25-18-13-8-9-15-20(18)30-16-10-4-2-5-11-16/h2,4-5,8-11,13,15H,3,6-7,12,14H2,1H3,(H2,25,26,29). The lowest BCUT2D eigenvalue weighted by molar-refractivity contribution is 0.0601. The van der Waals surface area contributed by atoms with Gasteiger partial charge in [0.25, 0.3) is 0 Å². The van der Waals surface area contributed by atoms with Crippen molar-refractivity contribution < 1.29 is 9.53 Å². The SMILES string of the molecule is COC(=O)c1c(NC(=S)Nc2ccccc2Sc2ccccc2)sc2c1CCCCC2. The number of ether oxygens (including phenoxy) is 1. The number of hydrogen-bond donors (Lipinski definition) is 2. The number of para-hydroxylation sites is 1. The smallest absolute Gasteiger partial charge is 0.341 e. The van der Waals surface area contributed by atoms with Gasteiger partial charge < -0.3 is 15.4 Å². The van der Waals surface area contributed by atoms with Crippen molar-refractivity contribution in [1.82, 2.24) is 0 Å². The predicted molar refractivity (Wildman–Crippen MR) is 134 cm³/mol. The molecule has 160 valence electrons. The van der Waals surface area contributed by atoms with E-state index in [0.717, 1.165) is 51.7 Å². The maximum atomic E-state index is 12.6. The summed E-state index contributed by atoms with van der Waals surface area (Å²) in [5.74, 6) is -0.301. The summed E-state index contributed by atoms with van der Waals surface area (Å²) in [6.45, 7) is 0. The van der Waals surface area contributed by atoms with Crippen molar-refractivity contribution in [1.29, 1.82) is 0 Å². The topological polar surface area (TPSA) is 50.4 Å². The van der Waals surface area contributed by atoms with Gasteiger partial charge in [-0.25, -0.2) is 4.79 Å². The lowest BCUT2D eigenvalue weighted by Gasteiger charge is -2.14. The molecule has 2 N–H and O–H groups in total. The van der Waals surface area contributed by atoms with Crippen molar-refractivity contribution in [2.24, 2.45) is 0 Å². The molecule has 0 saturated heterocycles. The first kappa shape index (κ1) is 21.9. The van der Waals surface area contributed by atoms with Gasteiger partial charge in [0.1, 0.15) is 5.00 Å². The lowest BCUT2D eigenvalue weighted by Crippen LogP contribution is -2.20. The second kappa shape index (κ2) is 10.3. The van der Waals surface area contributed by atoms with Crippen LogP contribution in [0, 0.1) is 0 Å². The molecule has 0 spiro atoms. The van der Waals surface area contributed by atoms with Gasteiger partial charge in [0.15, 0.2) is 5.11 Å². The lowest BCUT2D eigenvalue weighted by atomic mass is 10.1. The van der Waals surface area contributed by atoms with Crippen molar-refractivity contribution in [3.05, 3.63) is 70.6 Å². The Kier molecular flexibility index (Phi) is 7.27. The zero-order chi connectivity index (χ0) is 21.6. The number of hydrogen-bond acceptors (Lipinski definition) is 5. The van der Waals surface area contributed by atoms with Crippen molar-refractivity contribution in [3.63, 3.8) is 0 Å². The van der Waals surface area contributed by atoms with Crippen LogP contribution >= 0.6 is 35.3 Å². The number of rotatable bonds is 5. The van der Waals surface area contributed by atoms with Crippen LogP contribution in [-0.2, 0) is 17.6 Å². The molecule has 2 aromatic carbocycles. The monoisotopic (exact) mass is 468 g/mol. The molecule has 0 fully saturated rings. The van der Waals surface area contributed by atoms with Gasteiger partial charge >= 0.3 is 5.97 Å². The second-order valence-electron chi connectivity index (χ2n) is 7.25. The minimum Gasteiger partial charge on any atom is -0.465 e. The molecule has 1 aliphatic carbocycles. The van der Waals surface area contributed by atoms with Gasteiger partial charge in [-0.15, -0.1) is 11.3 Å². The van der Waals surface area contributed by atoms with Gasteiger partial charge in [-0.05, 0) is 67.7 Å². The molecule has 0 amide bonds. The molecule has 0 atom stereocenters. The molecule has 0 radical (unpaired) electrons. The number of thiocarbonyl (C=S) groups is 1. The minimum atomic E-state index is -0.301. The van der Waals surface area contributed by atoms with Crippen LogP contribution in [-0.4, -0.2) is 18.2 Å². The number of esters is 1. The van der Waals surface area contributed by atoms with E-state index in [1.54, 1.807) is 23.1 Å². The van der Waals surface area contributed by atoms with Gasteiger partial charge in [-0.3, -0.25) is 0 Å². The first-order valence-corrected chi connectivity index (χ1v) is 12.3. The molecule has 1 aromatic heterocycles. The molecule has 4 nitrogen and oxygen atoms in total. The summed E-state index contributed by atoms with van der Waals surface area (Å²) in [6, 6.07) is 18.3. The third-order valence-corrected chi connectivity index (χ3v) is 7.64. The Morgan fingerprint density at radius 2 is 1.74 bits per heavy atom. The summed E-state index contributed by atoms with van der Waals surface area (Å²) in [6.07, 6.45) is 5.36. The minimum absolute atomic E-state index is 0.301. The van der Waals surface area contributed by atoms with Gasteiger partial charge in [-0.2, -0.15) is 0 Å². The Morgan fingerprint density at radius 3 is 2.55 bits per heavy atom. The largest absolute Gasteiger partial charge is 0.465 e. The quantitative estimate of drug-likeness (QED) is 0.245. The van der Waals surface area contributed by atoms with Gasteiger partial charge in [0.05, 0.1) is 18.4 Å². The van der Waals surface area contributed by atoms with E-state index in [1.165, 1.54) is 18.4 Å². The zero-order valence-corrected chi connectivity index (χ0v) is 19.7. The number of aryl methyl sites for hydroxylation is 1. The summed E-state index contributed by atoms with van der Waals surface area (Å²) >= 11 is 8.91. The van der Waals surface area contributed by atoms with Crippen LogP contribution in [0.4, 0.5) is 10.7 Å². The highest BCUT2D eigenvalue weighted by molar-refractivity contribution is 7.99. The highest BCUT2D eigenvalue weighted by Gasteiger charge is 2.25. The fourth-order valence-corrected chi connectivity index (χ4v) is 6.16. The number of thiophene rings is 1. The van der Waals surface area contributed by atoms with E-state index in [9.17, 15) is 4.79 Å². The Balaban J connectivity index is 1.54. The van der Waals surface area contributed by atoms with E-state index in [2.05, 4.69) is 28.8 Å². The highest BCUT2D eigenvalue weighted by Crippen LogP contribution is 2.38. The summed E-state index contributed by atoms with van der Waals surface area (Å²) in [7, 11) is 1.43. The third kappa shape index (κ3) is 5.29. The first-order valence-electron chi connectivity index (χ1n) is 10.3. The van der Waals surface area contributed by atoms with Crippen molar-refractivity contribution >= 4 is 57.1 Å². The van der Waals surface area contributed by atoms with E-state index < -0.39 is 0 Å². The number of carbonyl (C=O) groups excluding carboxylic acids is 1. The van der Waals surface area contributed by atoms with Crippen molar-refractivity contribution in [2.45, 2.75) is 41.9 Å². The number of carbonyl (C=O) groups is 1. The first-order chi connectivity index (χ1) is 15.2. The Bertz CT molecular complexity index is 1080. The van der Waals surface area contributed by atoms with Crippen LogP contribution in [0.2, 0.25) is 0 Å². The molecule has 0 unspecified atom stereocenters. The van der Waals surface area contributed by atoms with E-state index in [0.29, 0.717) is 10.7 Å². The molecule has 31 heavy (non-hydrogen) atoms. The van der Waals surface area contributed by atoms with E-state index in [1.807, 2.05) is 36.4 Å². The van der Waals surface area contributed by atoms with Crippen LogP contribution in [0.1, 0.15) is 40.1 Å². The maximum absolute atomic E-state index is 12.6. The van der Waals surface area contributed by atoms with Crippen LogP contribution < -0.4 is 10.6 Å². The molecule has 4 rings (SSSR count). The molecule has 1 heterocycles. The molecule has 3 aromatic rings. The fourth-order valence-electron chi connectivity index (χ4n) is 3.68. The highest BCUT2D eigenvalue weighted by atomic mass is 32.2. The predicted octanol–water partition coefficient (Wildman–Crippen LogP) is 6.76. The number of anilines is 2. The van der Waals surface area contributed by atoms with Crippen LogP contribution in [0.15, 0.2) is 64.4 Å². The van der Waals surface area contributed by atoms with E-state index in [4.69, 9.17) is 17.0 Å². The molecule has 0 aliphatic heterocycles. The summed E-state index contributed by atoms with van der Waals surface area (Å²) in [5, 5.41) is 7.81. The molecular formula is C24H24N2O2S3. The number of benzene rings is 2. The molecule has 1 aliphatic rings. The van der Waals surface area contributed by atoms with E-state index >= 15 is 0 Å². The molecule has 7 heteroatoms. The maximum Gasteiger partial charge on any atom is 0.341 e. The van der Waals surface area contributed by atoms with Gasteiger partial charge in [0.2, 0.25) is 0 Å². The van der Waals surface area contributed by atoms with Crippen molar-refractivity contribution in [3.8, 4) is 0 Å². The second-order valence-corrected chi connectivity index (χ2v) is 9.88. The summed E-state index contributed by atoms with van der Waals surface area (Å²) < 4.78 is 5.09. The van der Waals surface area contributed by atoms with Crippen LogP contribution in [0.3, 0.4) is 0 Å². The fraction of sp³-hybridized carbons (Fsp3) is 0.250. The molecule has 0 saturated carbocycles. The number of methoxy groups -OCH3 is 1. The van der Waals surface area contributed by atoms with E-state index in [-0.39, 0.29) is 5.97 Å². The summed E-state index contributed by atoms with van der Waals surface area (Å²) in [5.41, 5.74) is 2.69. The van der Waals surface area contributed by atoms with Crippen LogP contribution in [0.25, 0.3) is 0 Å².